The fraction of sp³-hybridized carbons (Fsp3) is 0.244. The molecule has 314 valence electrons. The molecule has 0 unspecified atom stereocenters. The van der Waals surface area contributed by atoms with Gasteiger partial charge in [0.15, 0.2) is 0 Å². The number of halogens is 4. The number of methoxy groups -OCH3 is 2. The lowest BCUT2D eigenvalue weighted by molar-refractivity contribution is -0.143. The van der Waals surface area contributed by atoms with Gasteiger partial charge in [-0.2, -0.15) is 0 Å². The summed E-state index contributed by atoms with van der Waals surface area (Å²) in [5.74, 6) is -1.38. The maximum Gasteiger partial charge on any atom is 0.328 e. The predicted molar refractivity (Wildman–Crippen MR) is 234 cm³/mol. The SMILES string of the molecule is COC(=O)[C@H](Cc1ccc(O)cc1)NC(=O)c1c(Cl)cccc1Cl.COC(=O)[C@H](Cc1ccc(OC2CCN(c3ccccc3)CC2)cc1)NC(=O)c1c(Cl)cccc1Cl. The highest BCUT2D eigenvalue weighted by molar-refractivity contribution is 6.40. The molecule has 1 heterocycles. The van der Waals surface area contributed by atoms with E-state index in [-0.39, 0.29) is 55.9 Å². The van der Waals surface area contributed by atoms with Gasteiger partial charge < -0.3 is 34.9 Å². The molecule has 0 aromatic heterocycles. The van der Waals surface area contributed by atoms with Gasteiger partial charge in [0.25, 0.3) is 11.8 Å². The van der Waals surface area contributed by atoms with Gasteiger partial charge in [0, 0.05) is 44.5 Å². The normalized spacial score (nSPS) is 13.5. The minimum atomic E-state index is -0.917. The Morgan fingerprint density at radius 3 is 1.45 bits per heavy atom. The van der Waals surface area contributed by atoms with Crippen LogP contribution in [0.15, 0.2) is 115 Å². The summed E-state index contributed by atoms with van der Waals surface area (Å²) in [7, 11) is 2.52. The van der Waals surface area contributed by atoms with Crippen molar-refractivity contribution >= 4 is 75.8 Å². The summed E-state index contributed by atoms with van der Waals surface area (Å²) in [6.07, 6.45) is 2.48. The first-order valence-corrected chi connectivity index (χ1v) is 20.4. The maximum absolute atomic E-state index is 12.8. The fourth-order valence-corrected chi connectivity index (χ4v) is 7.57. The lowest BCUT2D eigenvalue weighted by Gasteiger charge is -2.33. The Labute approximate surface area is 368 Å². The molecular formula is C45H43Cl4N3O8. The van der Waals surface area contributed by atoms with Crippen LogP contribution in [0.5, 0.6) is 11.5 Å². The number of hydrogen-bond donors (Lipinski definition) is 3. The minimum absolute atomic E-state index is 0.0976. The van der Waals surface area contributed by atoms with Crippen LogP contribution in [0.4, 0.5) is 5.69 Å². The molecule has 1 saturated heterocycles. The second-order valence-electron chi connectivity index (χ2n) is 13.7. The van der Waals surface area contributed by atoms with Crippen molar-refractivity contribution in [2.75, 3.05) is 32.2 Å². The Morgan fingerprint density at radius 1 is 0.617 bits per heavy atom. The van der Waals surface area contributed by atoms with Gasteiger partial charge in [-0.3, -0.25) is 9.59 Å². The number of anilines is 1. The average molecular weight is 896 g/mol. The summed E-state index contributed by atoms with van der Waals surface area (Å²) in [5, 5.41) is 15.4. The van der Waals surface area contributed by atoms with Gasteiger partial charge in [0.2, 0.25) is 0 Å². The number of hydrogen-bond acceptors (Lipinski definition) is 9. The second kappa shape index (κ2) is 22.2. The quantitative estimate of drug-likeness (QED) is 0.0989. The molecule has 5 aromatic carbocycles. The third-order valence-corrected chi connectivity index (χ3v) is 10.8. The third-order valence-electron chi connectivity index (χ3n) is 9.57. The standard InChI is InChI=1S/C28H28Cl2N2O4.C17H15Cl2NO4/c1-35-28(34)25(31-27(33)26-23(29)8-5-9-24(26)30)18-19-10-12-21(13-11-19)36-22-14-16-32(17-15-22)20-6-3-2-4-7-20;1-24-17(23)14(9-10-5-7-11(21)8-6-10)20-16(22)15-12(18)3-2-4-13(15)19/h2-13,22,25H,14-18H2,1H3,(H,31,33);2-8,14,21H,9H2,1H3,(H,20,22)/t25-;14-/m00/s1. The Kier molecular flexibility index (Phi) is 16.9. The van der Waals surface area contributed by atoms with Crippen LogP contribution in [0, 0.1) is 0 Å². The number of phenolic OH excluding ortho intramolecular Hbond substituents is 1. The van der Waals surface area contributed by atoms with Crippen molar-refractivity contribution in [2.24, 2.45) is 0 Å². The molecule has 0 spiro atoms. The molecule has 1 fully saturated rings. The van der Waals surface area contributed by atoms with E-state index in [0.717, 1.165) is 42.8 Å². The molecule has 1 aliphatic heterocycles. The molecule has 2 amide bonds. The van der Waals surface area contributed by atoms with E-state index in [1.165, 1.54) is 44.2 Å². The largest absolute Gasteiger partial charge is 0.508 e. The molecule has 6 rings (SSSR count). The number of amides is 2. The first-order valence-electron chi connectivity index (χ1n) is 18.9. The molecule has 5 aromatic rings. The number of carbonyl (C=O) groups is 4. The number of piperidine rings is 1. The van der Waals surface area contributed by atoms with E-state index in [0.29, 0.717) is 0 Å². The Bertz CT molecular complexity index is 2200. The molecule has 0 bridgehead atoms. The van der Waals surface area contributed by atoms with Crippen LogP contribution >= 0.6 is 46.4 Å². The number of phenols is 1. The summed E-state index contributed by atoms with van der Waals surface area (Å²) < 4.78 is 15.8. The molecule has 0 radical (unpaired) electrons. The van der Waals surface area contributed by atoms with Gasteiger partial charge in [-0.1, -0.05) is 101 Å². The number of esters is 2. The molecule has 60 heavy (non-hydrogen) atoms. The Morgan fingerprint density at radius 2 is 1.03 bits per heavy atom. The lowest BCUT2D eigenvalue weighted by Crippen LogP contribution is -2.43. The number of para-hydroxylation sites is 1. The van der Waals surface area contributed by atoms with E-state index in [4.69, 9.17) is 60.6 Å². The lowest BCUT2D eigenvalue weighted by atomic mass is 10.0. The number of rotatable bonds is 13. The van der Waals surface area contributed by atoms with Crippen LogP contribution in [-0.4, -0.2) is 74.4 Å². The number of benzene rings is 5. The second-order valence-corrected chi connectivity index (χ2v) is 15.3. The smallest absolute Gasteiger partial charge is 0.328 e. The Balaban J connectivity index is 0.000000247. The number of ether oxygens (including phenoxy) is 3. The van der Waals surface area contributed by atoms with Gasteiger partial charge >= 0.3 is 11.9 Å². The number of aromatic hydroxyl groups is 1. The molecule has 3 N–H and O–H groups in total. The number of nitrogens with one attached hydrogen (secondary N) is 2. The minimum Gasteiger partial charge on any atom is -0.508 e. The van der Waals surface area contributed by atoms with Gasteiger partial charge in [-0.15, -0.1) is 0 Å². The zero-order chi connectivity index (χ0) is 43.2. The van der Waals surface area contributed by atoms with Crippen LogP contribution in [0.25, 0.3) is 0 Å². The topological polar surface area (TPSA) is 144 Å². The van der Waals surface area contributed by atoms with E-state index >= 15 is 0 Å². The van der Waals surface area contributed by atoms with Crippen LogP contribution in [0.1, 0.15) is 44.7 Å². The maximum atomic E-state index is 12.8. The molecule has 0 aliphatic carbocycles. The van der Waals surface area contributed by atoms with Crippen molar-refractivity contribution in [2.45, 2.75) is 43.9 Å². The monoisotopic (exact) mass is 893 g/mol. The highest BCUT2D eigenvalue weighted by Crippen LogP contribution is 2.27. The van der Waals surface area contributed by atoms with Crippen molar-refractivity contribution in [3.05, 3.63) is 158 Å². The molecule has 2 atom stereocenters. The highest BCUT2D eigenvalue weighted by atomic mass is 35.5. The van der Waals surface area contributed by atoms with Gasteiger partial charge in [0.1, 0.15) is 29.7 Å². The van der Waals surface area contributed by atoms with Crippen molar-refractivity contribution < 1.29 is 38.5 Å². The average Bonchev–Trinajstić information content (AvgIpc) is 3.24. The molecule has 11 nitrogen and oxygen atoms in total. The van der Waals surface area contributed by atoms with Crippen molar-refractivity contribution in [3.8, 4) is 11.5 Å². The zero-order valence-electron chi connectivity index (χ0n) is 32.7. The molecule has 15 heteroatoms. The van der Waals surface area contributed by atoms with Crippen LogP contribution < -0.4 is 20.3 Å². The summed E-state index contributed by atoms with van der Waals surface area (Å²) in [5.41, 5.74) is 3.05. The van der Waals surface area contributed by atoms with Gasteiger partial charge in [-0.05, 0) is 71.8 Å². The molecule has 0 saturated carbocycles. The van der Waals surface area contributed by atoms with E-state index < -0.39 is 35.8 Å². The third kappa shape index (κ3) is 12.8. The van der Waals surface area contributed by atoms with E-state index in [9.17, 15) is 24.3 Å². The first-order chi connectivity index (χ1) is 28.9. The number of carbonyl (C=O) groups excluding carboxylic acids is 4. The van der Waals surface area contributed by atoms with E-state index in [2.05, 4.69) is 39.8 Å². The number of nitrogens with zero attached hydrogens (tertiary/aromatic N) is 1. The summed E-state index contributed by atoms with van der Waals surface area (Å²) >= 11 is 24.3. The van der Waals surface area contributed by atoms with E-state index in [1.54, 1.807) is 36.4 Å². The summed E-state index contributed by atoms with van der Waals surface area (Å²) in [6.45, 7) is 1.89. The van der Waals surface area contributed by atoms with Gasteiger partial charge in [0.05, 0.1) is 45.4 Å². The van der Waals surface area contributed by atoms with Crippen LogP contribution in [0.3, 0.4) is 0 Å². The summed E-state index contributed by atoms with van der Waals surface area (Å²) in [6, 6.07) is 31.9. The fourth-order valence-electron chi connectivity index (χ4n) is 6.43. The van der Waals surface area contributed by atoms with Crippen molar-refractivity contribution in [1.29, 1.82) is 0 Å². The first kappa shape index (κ1) is 45.6. The van der Waals surface area contributed by atoms with Crippen LogP contribution in [0.2, 0.25) is 20.1 Å². The molecular weight excluding hydrogens is 852 g/mol. The Hall–Kier alpha value is -5.46. The van der Waals surface area contributed by atoms with E-state index in [1.807, 2.05) is 30.3 Å². The zero-order valence-corrected chi connectivity index (χ0v) is 35.7. The highest BCUT2D eigenvalue weighted by Gasteiger charge is 2.27. The van der Waals surface area contributed by atoms with Crippen LogP contribution in [-0.2, 0) is 31.9 Å². The summed E-state index contributed by atoms with van der Waals surface area (Å²) in [4.78, 5) is 51.9. The van der Waals surface area contributed by atoms with Gasteiger partial charge in [-0.25, -0.2) is 9.59 Å². The predicted octanol–water partition coefficient (Wildman–Crippen LogP) is 8.77. The molecule has 1 aliphatic rings. The van der Waals surface area contributed by atoms with Crippen molar-refractivity contribution in [3.63, 3.8) is 0 Å². The van der Waals surface area contributed by atoms with Crippen molar-refractivity contribution in [1.82, 2.24) is 10.6 Å².